The highest BCUT2D eigenvalue weighted by Gasteiger charge is 2.27. The van der Waals surface area contributed by atoms with E-state index in [4.69, 9.17) is 16.3 Å². The maximum atomic E-state index is 12.5. The fraction of sp³-hybridized carbons (Fsp3) is 0.300. The molecule has 0 radical (unpaired) electrons. The van der Waals surface area contributed by atoms with Gasteiger partial charge in [-0.25, -0.2) is 0 Å². The van der Waals surface area contributed by atoms with Gasteiger partial charge in [0.2, 0.25) is 0 Å². The molecule has 2 aromatic carbocycles. The van der Waals surface area contributed by atoms with Crippen LogP contribution in [-0.2, 0) is 14.3 Å². The number of carbonyl (C=O) groups is 2. The lowest BCUT2D eigenvalue weighted by Gasteiger charge is -2.21. The third kappa shape index (κ3) is 5.33. The second-order valence-electron chi connectivity index (χ2n) is 5.91. The van der Waals surface area contributed by atoms with Crippen molar-refractivity contribution < 1.29 is 14.3 Å². The Bertz CT molecular complexity index is 718. The number of hydrogen-bond acceptors (Lipinski definition) is 3. The lowest BCUT2D eigenvalue weighted by molar-refractivity contribution is -0.150. The lowest BCUT2D eigenvalue weighted by Crippen LogP contribution is -2.27. The molecule has 0 aliphatic rings. The van der Waals surface area contributed by atoms with Crippen LogP contribution in [0.3, 0.4) is 0 Å². The number of amides is 1. The predicted molar refractivity (Wildman–Crippen MR) is 99.7 cm³/mol. The molecule has 2 atom stereocenters. The molecular weight excluding hydrogens is 338 g/mol. The predicted octanol–water partition coefficient (Wildman–Crippen LogP) is 4.65. The second-order valence-corrected chi connectivity index (χ2v) is 6.32. The number of esters is 1. The van der Waals surface area contributed by atoms with Gasteiger partial charge in [-0.1, -0.05) is 74.3 Å². The summed E-state index contributed by atoms with van der Waals surface area (Å²) in [7, 11) is 0. The van der Waals surface area contributed by atoms with Crippen molar-refractivity contribution in [3.63, 3.8) is 0 Å². The van der Waals surface area contributed by atoms with E-state index in [-0.39, 0.29) is 18.4 Å². The molecule has 0 aliphatic heterocycles. The number of rotatable bonds is 7. The van der Waals surface area contributed by atoms with Gasteiger partial charge in [0.25, 0.3) is 5.91 Å². The average Bonchev–Trinajstić information content (AvgIpc) is 2.63. The molecule has 132 valence electrons. The van der Waals surface area contributed by atoms with Crippen LogP contribution in [0.15, 0.2) is 54.6 Å². The maximum Gasteiger partial charge on any atom is 0.314 e. The summed E-state index contributed by atoms with van der Waals surface area (Å²) in [6, 6.07) is 16.4. The lowest BCUT2D eigenvalue weighted by atomic mass is 9.86. The molecule has 25 heavy (non-hydrogen) atoms. The first-order valence-corrected chi connectivity index (χ1v) is 8.66. The normalized spacial score (nSPS) is 12.9. The molecule has 1 amide bonds. The second kappa shape index (κ2) is 9.23. The summed E-state index contributed by atoms with van der Waals surface area (Å²) >= 11 is 6.00. The standard InChI is InChI=1S/C20H22ClNO3/c1-3-14(2)19(15-9-5-4-6-10-15)20(24)25-13-18(23)22-17-12-8-7-11-16(17)21/h4-12,14,19H,3,13H2,1-2H3,(H,22,23)/t14-,19+/m0/s1. The zero-order valence-electron chi connectivity index (χ0n) is 14.4. The zero-order valence-corrected chi connectivity index (χ0v) is 15.1. The fourth-order valence-electron chi connectivity index (χ4n) is 2.57. The van der Waals surface area contributed by atoms with E-state index in [1.165, 1.54) is 0 Å². The molecule has 0 aromatic heterocycles. The molecule has 0 bridgehead atoms. The van der Waals surface area contributed by atoms with E-state index < -0.39 is 11.9 Å². The van der Waals surface area contributed by atoms with Gasteiger partial charge < -0.3 is 10.1 Å². The van der Waals surface area contributed by atoms with Gasteiger partial charge in [-0.05, 0) is 23.6 Å². The van der Waals surface area contributed by atoms with Crippen LogP contribution in [-0.4, -0.2) is 18.5 Å². The topological polar surface area (TPSA) is 55.4 Å². The van der Waals surface area contributed by atoms with Gasteiger partial charge in [-0.2, -0.15) is 0 Å². The Balaban J connectivity index is 1.99. The number of anilines is 1. The number of carbonyl (C=O) groups excluding carboxylic acids is 2. The van der Waals surface area contributed by atoms with Crippen molar-refractivity contribution in [3.05, 3.63) is 65.2 Å². The van der Waals surface area contributed by atoms with E-state index in [1.54, 1.807) is 24.3 Å². The Hall–Kier alpha value is -2.33. The maximum absolute atomic E-state index is 12.5. The number of para-hydroxylation sites is 1. The molecule has 1 N–H and O–H groups in total. The van der Waals surface area contributed by atoms with Crippen LogP contribution in [0.4, 0.5) is 5.69 Å². The van der Waals surface area contributed by atoms with Crippen LogP contribution in [0, 0.1) is 5.92 Å². The van der Waals surface area contributed by atoms with E-state index in [2.05, 4.69) is 5.32 Å². The van der Waals surface area contributed by atoms with Gasteiger partial charge in [0.1, 0.15) is 0 Å². The van der Waals surface area contributed by atoms with Crippen molar-refractivity contribution >= 4 is 29.2 Å². The van der Waals surface area contributed by atoms with E-state index >= 15 is 0 Å². The average molecular weight is 360 g/mol. The number of halogens is 1. The third-order valence-electron chi connectivity index (χ3n) is 4.12. The van der Waals surface area contributed by atoms with E-state index in [1.807, 2.05) is 44.2 Å². The van der Waals surface area contributed by atoms with E-state index in [0.29, 0.717) is 10.7 Å². The van der Waals surface area contributed by atoms with Crippen LogP contribution < -0.4 is 5.32 Å². The van der Waals surface area contributed by atoms with Crippen molar-refractivity contribution in [1.29, 1.82) is 0 Å². The summed E-state index contributed by atoms with van der Waals surface area (Å²) in [6.07, 6.45) is 0.834. The largest absolute Gasteiger partial charge is 0.455 e. The van der Waals surface area contributed by atoms with Crippen molar-refractivity contribution in [2.24, 2.45) is 5.92 Å². The Morgan fingerprint density at radius 3 is 2.36 bits per heavy atom. The summed E-state index contributed by atoms with van der Waals surface area (Å²) in [6.45, 7) is 3.69. The van der Waals surface area contributed by atoms with Gasteiger partial charge in [-0.15, -0.1) is 0 Å². The first-order chi connectivity index (χ1) is 12.0. The van der Waals surface area contributed by atoms with E-state index in [9.17, 15) is 9.59 Å². The Morgan fingerprint density at radius 1 is 1.08 bits per heavy atom. The first-order valence-electron chi connectivity index (χ1n) is 8.29. The molecule has 0 aliphatic carbocycles. The molecule has 0 heterocycles. The highest BCUT2D eigenvalue weighted by molar-refractivity contribution is 6.33. The van der Waals surface area contributed by atoms with Gasteiger partial charge in [0, 0.05) is 0 Å². The van der Waals surface area contributed by atoms with Crippen molar-refractivity contribution in [1.82, 2.24) is 0 Å². The molecule has 4 nitrogen and oxygen atoms in total. The Labute approximate surface area is 153 Å². The molecule has 5 heteroatoms. The summed E-state index contributed by atoms with van der Waals surface area (Å²) in [5.41, 5.74) is 1.39. The summed E-state index contributed by atoms with van der Waals surface area (Å²) in [4.78, 5) is 24.6. The Kier molecular flexibility index (Phi) is 7.02. The van der Waals surface area contributed by atoms with Gasteiger partial charge in [0.15, 0.2) is 6.61 Å². The highest BCUT2D eigenvalue weighted by atomic mass is 35.5. The van der Waals surface area contributed by atoms with E-state index in [0.717, 1.165) is 12.0 Å². The quantitative estimate of drug-likeness (QED) is 0.732. The summed E-state index contributed by atoms with van der Waals surface area (Å²) < 4.78 is 5.26. The van der Waals surface area contributed by atoms with Crippen LogP contribution in [0.5, 0.6) is 0 Å². The van der Waals surface area contributed by atoms with Gasteiger partial charge >= 0.3 is 5.97 Å². The van der Waals surface area contributed by atoms with Gasteiger partial charge in [-0.3, -0.25) is 9.59 Å². The number of hydrogen-bond donors (Lipinski definition) is 1. The van der Waals surface area contributed by atoms with Crippen LogP contribution in [0.2, 0.25) is 5.02 Å². The minimum absolute atomic E-state index is 0.113. The van der Waals surface area contributed by atoms with Crippen molar-refractivity contribution in [3.8, 4) is 0 Å². The molecule has 0 fully saturated rings. The molecule has 0 unspecified atom stereocenters. The number of nitrogens with one attached hydrogen (secondary N) is 1. The first kappa shape index (κ1) is 19.0. The van der Waals surface area contributed by atoms with Crippen molar-refractivity contribution in [2.45, 2.75) is 26.2 Å². The monoisotopic (exact) mass is 359 g/mol. The Morgan fingerprint density at radius 2 is 1.72 bits per heavy atom. The molecule has 0 saturated carbocycles. The van der Waals surface area contributed by atoms with Crippen LogP contribution in [0.1, 0.15) is 31.7 Å². The summed E-state index contributed by atoms with van der Waals surface area (Å²) in [5, 5.41) is 3.07. The molecule has 2 aromatic rings. The third-order valence-corrected chi connectivity index (χ3v) is 4.45. The van der Waals surface area contributed by atoms with Crippen LogP contribution in [0.25, 0.3) is 0 Å². The van der Waals surface area contributed by atoms with Crippen molar-refractivity contribution in [2.75, 3.05) is 11.9 Å². The van der Waals surface area contributed by atoms with Crippen LogP contribution >= 0.6 is 11.6 Å². The zero-order chi connectivity index (χ0) is 18.2. The SMILES string of the molecule is CC[C@H](C)[C@@H](C(=O)OCC(=O)Nc1ccccc1Cl)c1ccccc1. The fourth-order valence-corrected chi connectivity index (χ4v) is 2.75. The van der Waals surface area contributed by atoms with Gasteiger partial charge in [0.05, 0.1) is 16.6 Å². The highest BCUT2D eigenvalue weighted by Crippen LogP contribution is 2.28. The molecule has 2 rings (SSSR count). The number of ether oxygens (including phenoxy) is 1. The minimum Gasteiger partial charge on any atom is -0.455 e. The smallest absolute Gasteiger partial charge is 0.314 e. The number of benzene rings is 2. The minimum atomic E-state index is -0.419. The molecular formula is C20H22ClNO3. The molecule has 0 saturated heterocycles. The molecule has 0 spiro atoms. The summed E-state index contributed by atoms with van der Waals surface area (Å²) in [5.74, 6) is -1.09.